The number of hydrogen-bond donors (Lipinski definition) is 1. The van der Waals surface area contributed by atoms with E-state index >= 15 is 0 Å². The molecule has 2 aliphatic rings. The lowest BCUT2D eigenvalue weighted by molar-refractivity contribution is 0.138. The van der Waals surface area contributed by atoms with Gasteiger partial charge >= 0.3 is 0 Å². The summed E-state index contributed by atoms with van der Waals surface area (Å²) in [6.45, 7) is 7.34. The van der Waals surface area contributed by atoms with E-state index in [9.17, 15) is 0 Å². The van der Waals surface area contributed by atoms with Crippen LogP contribution in [0.2, 0.25) is 0 Å². The fourth-order valence-corrected chi connectivity index (χ4v) is 4.78. The molecule has 0 amide bonds. The molecule has 1 aliphatic heterocycles. The molecule has 0 aromatic carbocycles. The maximum atomic E-state index is 4.72. The molecule has 118 valence electrons. The van der Waals surface area contributed by atoms with Crippen LogP contribution < -0.4 is 0 Å². The molecule has 0 radical (unpaired) electrons. The molecule has 2 nitrogen and oxygen atoms in total. The Kier molecular flexibility index (Phi) is 6.70. The third-order valence-corrected chi connectivity index (χ3v) is 6.20. The minimum Gasteiger partial charge on any atom is -0.304 e. The highest BCUT2D eigenvalue weighted by Gasteiger charge is 2.32. The molecular formula is C17H34N2S. The summed E-state index contributed by atoms with van der Waals surface area (Å²) in [7, 11) is 2.34. The first-order valence-corrected chi connectivity index (χ1v) is 9.36. The molecule has 1 unspecified atom stereocenters. The van der Waals surface area contributed by atoms with Gasteiger partial charge in [-0.2, -0.15) is 12.6 Å². The maximum absolute atomic E-state index is 4.72. The normalized spacial score (nSPS) is 27.9. The Bertz CT molecular complexity index is 274. The summed E-state index contributed by atoms with van der Waals surface area (Å²) < 4.78 is 0. The van der Waals surface area contributed by atoms with Crippen LogP contribution >= 0.6 is 12.6 Å². The van der Waals surface area contributed by atoms with Gasteiger partial charge in [0.2, 0.25) is 0 Å². The van der Waals surface area contributed by atoms with Crippen molar-refractivity contribution in [2.24, 2.45) is 5.41 Å². The van der Waals surface area contributed by atoms with Gasteiger partial charge in [0, 0.05) is 19.1 Å². The Balaban J connectivity index is 1.86. The molecule has 2 fully saturated rings. The van der Waals surface area contributed by atoms with Gasteiger partial charge in [0.1, 0.15) is 0 Å². The largest absolute Gasteiger partial charge is 0.304 e. The van der Waals surface area contributed by atoms with Crippen LogP contribution in [0, 0.1) is 5.41 Å². The van der Waals surface area contributed by atoms with E-state index in [1.807, 2.05) is 0 Å². The van der Waals surface area contributed by atoms with Crippen molar-refractivity contribution >= 4 is 12.6 Å². The summed E-state index contributed by atoms with van der Waals surface area (Å²) in [5, 5.41) is 0. The molecule has 0 N–H and O–H groups in total. The lowest BCUT2D eigenvalue weighted by atomic mass is 9.81. The van der Waals surface area contributed by atoms with Crippen LogP contribution in [0.25, 0.3) is 0 Å². The first kappa shape index (κ1) is 16.6. The summed E-state index contributed by atoms with van der Waals surface area (Å²) in [5.74, 6) is 1.07. The van der Waals surface area contributed by atoms with Crippen LogP contribution in [-0.4, -0.2) is 54.8 Å². The van der Waals surface area contributed by atoms with Gasteiger partial charge in [-0.25, -0.2) is 0 Å². The van der Waals surface area contributed by atoms with E-state index in [0.717, 1.165) is 11.8 Å². The van der Waals surface area contributed by atoms with Crippen molar-refractivity contribution < 1.29 is 0 Å². The van der Waals surface area contributed by atoms with Crippen molar-refractivity contribution in [2.75, 3.05) is 39.0 Å². The minimum atomic E-state index is 0.490. The van der Waals surface area contributed by atoms with Gasteiger partial charge in [0.15, 0.2) is 0 Å². The highest BCUT2D eigenvalue weighted by Crippen LogP contribution is 2.37. The zero-order valence-electron chi connectivity index (χ0n) is 13.6. The van der Waals surface area contributed by atoms with Crippen LogP contribution in [0.1, 0.15) is 58.3 Å². The Morgan fingerprint density at radius 2 is 1.85 bits per heavy atom. The SMILES string of the molecule is CCN1CCCC1CN(C)CC1(CS)CCCCCC1. The highest BCUT2D eigenvalue weighted by atomic mass is 32.1. The van der Waals surface area contributed by atoms with Crippen LogP contribution in [0.4, 0.5) is 0 Å². The van der Waals surface area contributed by atoms with Gasteiger partial charge in [0.25, 0.3) is 0 Å². The molecule has 1 atom stereocenters. The minimum absolute atomic E-state index is 0.490. The van der Waals surface area contributed by atoms with Crippen LogP contribution in [0.3, 0.4) is 0 Å². The average molecular weight is 299 g/mol. The highest BCUT2D eigenvalue weighted by molar-refractivity contribution is 7.80. The summed E-state index contributed by atoms with van der Waals surface area (Å²) in [6.07, 6.45) is 11.3. The summed E-state index contributed by atoms with van der Waals surface area (Å²) >= 11 is 4.72. The predicted molar refractivity (Wildman–Crippen MR) is 91.8 cm³/mol. The summed E-state index contributed by atoms with van der Waals surface area (Å²) in [4.78, 5) is 5.27. The molecule has 3 heteroatoms. The van der Waals surface area contributed by atoms with Crippen molar-refractivity contribution in [2.45, 2.75) is 64.3 Å². The topological polar surface area (TPSA) is 6.48 Å². The van der Waals surface area contributed by atoms with E-state index < -0.39 is 0 Å². The fourth-order valence-electron chi connectivity index (χ4n) is 4.36. The number of hydrogen-bond acceptors (Lipinski definition) is 3. The molecule has 0 aromatic heterocycles. The van der Waals surface area contributed by atoms with E-state index in [-0.39, 0.29) is 0 Å². The van der Waals surface area contributed by atoms with E-state index in [1.165, 1.54) is 77.5 Å². The second-order valence-electron chi connectivity index (χ2n) is 7.19. The standard InChI is InChI=1S/C17H34N2S/c1-3-19-12-8-9-16(19)13-18(2)14-17(15-20)10-6-4-5-7-11-17/h16,20H,3-15H2,1-2H3. The molecule has 1 saturated carbocycles. The van der Waals surface area contributed by atoms with Crippen molar-refractivity contribution in [1.29, 1.82) is 0 Å². The zero-order chi connectivity index (χ0) is 14.4. The third kappa shape index (κ3) is 4.38. The van der Waals surface area contributed by atoms with E-state index in [2.05, 4.69) is 23.8 Å². The van der Waals surface area contributed by atoms with Crippen LogP contribution in [-0.2, 0) is 0 Å². The van der Waals surface area contributed by atoms with Gasteiger partial charge in [-0.3, -0.25) is 4.90 Å². The second-order valence-corrected chi connectivity index (χ2v) is 7.51. The van der Waals surface area contributed by atoms with Gasteiger partial charge in [-0.1, -0.05) is 32.6 Å². The van der Waals surface area contributed by atoms with Gasteiger partial charge in [0.05, 0.1) is 0 Å². The molecule has 0 bridgehead atoms. The van der Waals surface area contributed by atoms with E-state index in [1.54, 1.807) is 0 Å². The Labute approximate surface area is 131 Å². The molecule has 2 rings (SSSR count). The maximum Gasteiger partial charge on any atom is 0.0223 e. The molecule has 1 aliphatic carbocycles. The van der Waals surface area contributed by atoms with Crippen LogP contribution in [0.15, 0.2) is 0 Å². The Morgan fingerprint density at radius 3 is 2.45 bits per heavy atom. The first-order valence-electron chi connectivity index (χ1n) is 8.72. The van der Waals surface area contributed by atoms with Crippen LogP contribution in [0.5, 0.6) is 0 Å². The molecule has 0 aromatic rings. The van der Waals surface area contributed by atoms with E-state index in [4.69, 9.17) is 12.6 Å². The summed E-state index contributed by atoms with van der Waals surface area (Å²) in [6, 6.07) is 0.799. The first-order chi connectivity index (χ1) is 9.69. The smallest absolute Gasteiger partial charge is 0.0223 e. The predicted octanol–water partition coefficient (Wildman–Crippen LogP) is 3.67. The number of thiol groups is 1. The van der Waals surface area contributed by atoms with Gasteiger partial charge in [-0.05, 0) is 57.0 Å². The molecule has 0 spiro atoms. The number of likely N-dealkylation sites (tertiary alicyclic amines) is 1. The third-order valence-electron chi connectivity index (χ3n) is 5.53. The fraction of sp³-hybridized carbons (Fsp3) is 1.00. The number of rotatable bonds is 6. The number of likely N-dealkylation sites (N-methyl/N-ethyl adjacent to an activating group) is 2. The summed E-state index contributed by atoms with van der Waals surface area (Å²) in [5.41, 5.74) is 0.490. The molecular weight excluding hydrogens is 264 g/mol. The Hall–Kier alpha value is 0.270. The quantitative estimate of drug-likeness (QED) is 0.590. The van der Waals surface area contributed by atoms with Gasteiger partial charge < -0.3 is 4.90 Å². The van der Waals surface area contributed by atoms with Crippen molar-refractivity contribution in [3.05, 3.63) is 0 Å². The lowest BCUT2D eigenvalue weighted by Crippen LogP contribution is -2.43. The zero-order valence-corrected chi connectivity index (χ0v) is 14.5. The lowest BCUT2D eigenvalue weighted by Gasteiger charge is -2.37. The molecule has 20 heavy (non-hydrogen) atoms. The number of nitrogens with zero attached hydrogens (tertiary/aromatic N) is 2. The Morgan fingerprint density at radius 1 is 1.15 bits per heavy atom. The van der Waals surface area contributed by atoms with Gasteiger partial charge in [-0.15, -0.1) is 0 Å². The van der Waals surface area contributed by atoms with Crippen molar-refractivity contribution in [3.63, 3.8) is 0 Å². The molecule has 1 saturated heterocycles. The molecule has 1 heterocycles. The van der Waals surface area contributed by atoms with Crippen molar-refractivity contribution in [1.82, 2.24) is 9.80 Å². The second kappa shape index (κ2) is 8.05. The monoisotopic (exact) mass is 298 g/mol. The van der Waals surface area contributed by atoms with Crippen molar-refractivity contribution in [3.8, 4) is 0 Å². The average Bonchev–Trinajstić information content (AvgIpc) is 2.75. The van der Waals surface area contributed by atoms with E-state index in [0.29, 0.717) is 5.41 Å².